The minimum Gasteiger partial charge on any atom is -0.444 e. The van der Waals surface area contributed by atoms with Crippen LogP contribution >= 0.6 is 24.0 Å². The van der Waals surface area contributed by atoms with Crippen LogP contribution in [0.25, 0.3) is 0 Å². The van der Waals surface area contributed by atoms with Crippen LogP contribution in [0.4, 0.5) is 4.79 Å². The summed E-state index contributed by atoms with van der Waals surface area (Å²) in [5, 5.41) is 9.46. The van der Waals surface area contributed by atoms with E-state index in [4.69, 9.17) is 4.74 Å². The number of guanidine groups is 1. The summed E-state index contributed by atoms with van der Waals surface area (Å²) in [5.41, 5.74) is -1.02. The quantitative estimate of drug-likeness (QED) is 0.251. The number of likely N-dealkylation sites (N-methyl/N-ethyl adjacent to an activating group) is 1. The lowest BCUT2D eigenvalue weighted by Crippen LogP contribution is -2.57. The van der Waals surface area contributed by atoms with Crippen molar-refractivity contribution in [3.8, 4) is 0 Å². The Balaban J connectivity index is 0. The third-order valence-electron chi connectivity index (χ3n) is 4.13. The highest BCUT2D eigenvalue weighted by Crippen LogP contribution is 2.16. The normalized spacial score (nSPS) is 11.9. The van der Waals surface area contributed by atoms with E-state index in [2.05, 4.69) is 27.9 Å². The number of nitrogens with zero attached hydrogens (tertiary/aromatic N) is 2. The zero-order valence-electron chi connectivity index (χ0n) is 18.8. The average molecular weight is 513 g/mol. The lowest BCUT2D eigenvalue weighted by molar-refractivity contribution is -0.127. The number of carbonyl (C=O) groups is 2. The molecule has 0 fully saturated rings. The fraction of sp³-hybridized carbons (Fsp3) is 0.842. The molecule has 9 heteroatoms. The van der Waals surface area contributed by atoms with E-state index < -0.39 is 17.2 Å². The molecular weight excluding hydrogens is 473 g/mol. The predicted molar refractivity (Wildman–Crippen MR) is 125 cm³/mol. The van der Waals surface area contributed by atoms with Gasteiger partial charge in [0.1, 0.15) is 12.1 Å². The first-order valence-corrected chi connectivity index (χ1v) is 9.72. The lowest BCUT2D eigenvalue weighted by Gasteiger charge is -2.34. The molecule has 0 saturated carbocycles. The summed E-state index contributed by atoms with van der Waals surface area (Å²) in [5.74, 6) is 0.487. The fourth-order valence-corrected chi connectivity index (χ4v) is 2.20. The van der Waals surface area contributed by atoms with Crippen LogP contribution in [0.1, 0.15) is 60.8 Å². The summed E-state index contributed by atoms with van der Waals surface area (Å²) >= 11 is 0. The maximum atomic E-state index is 12.2. The molecule has 0 aliphatic carbocycles. The number of hydrogen-bond acceptors (Lipinski definition) is 4. The van der Waals surface area contributed by atoms with Gasteiger partial charge in [0.2, 0.25) is 5.91 Å². The summed E-state index contributed by atoms with van der Waals surface area (Å²) in [6.45, 7) is 12.9. The van der Waals surface area contributed by atoms with E-state index in [9.17, 15) is 9.59 Å². The molecule has 0 saturated heterocycles. The van der Waals surface area contributed by atoms with Crippen LogP contribution in [0.15, 0.2) is 4.99 Å². The molecule has 28 heavy (non-hydrogen) atoms. The Labute approximate surface area is 187 Å². The highest BCUT2D eigenvalue weighted by molar-refractivity contribution is 14.0. The van der Waals surface area contributed by atoms with Gasteiger partial charge in [-0.05, 0) is 40.0 Å². The van der Waals surface area contributed by atoms with Gasteiger partial charge in [-0.2, -0.15) is 0 Å². The first-order valence-electron chi connectivity index (χ1n) is 9.72. The predicted octanol–water partition coefficient (Wildman–Crippen LogP) is 2.72. The van der Waals surface area contributed by atoms with Gasteiger partial charge in [-0.3, -0.25) is 4.79 Å². The van der Waals surface area contributed by atoms with E-state index in [-0.39, 0.29) is 36.4 Å². The Morgan fingerprint density at radius 3 is 2.04 bits per heavy atom. The smallest absolute Gasteiger partial charge is 0.408 e. The van der Waals surface area contributed by atoms with Crippen molar-refractivity contribution in [3.63, 3.8) is 0 Å². The first-order chi connectivity index (χ1) is 12.5. The first kappa shape index (κ1) is 28.9. The Morgan fingerprint density at radius 2 is 1.61 bits per heavy atom. The van der Waals surface area contributed by atoms with Crippen molar-refractivity contribution in [3.05, 3.63) is 0 Å². The average Bonchev–Trinajstić information content (AvgIpc) is 2.57. The van der Waals surface area contributed by atoms with Crippen LogP contribution in [-0.4, -0.2) is 67.7 Å². The molecule has 0 rings (SSSR count). The highest BCUT2D eigenvalue weighted by atomic mass is 127. The number of halogens is 1. The van der Waals surface area contributed by atoms with E-state index in [1.165, 1.54) is 4.90 Å². The molecule has 3 N–H and O–H groups in total. The van der Waals surface area contributed by atoms with Gasteiger partial charge in [0, 0.05) is 27.2 Å². The maximum Gasteiger partial charge on any atom is 0.408 e. The van der Waals surface area contributed by atoms with Crippen LogP contribution in [0.2, 0.25) is 0 Å². The number of alkyl carbamates (subject to hydrolysis) is 1. The third kappa shape index (κ3) is 12.2. The van der Waals surface area contributed by atoms with Crippen LogP contribution in [0, 0.1) is 0 Å². The molecule has 8 nitrogen and oxygen atoms in total. The summed E-state index contributed by atoms with van der Waals surface area (Å²) in [6.07, 6.45) is 1.96. The van der Waals surface area contributed by atoms with E-state index in [1.54, 1.807) is 14.1 Å². The van der Waals surface area contributed by atoms with Gasteiger partial charge in [0.05, 0.1) is 5.54 Å². The monoisotopic (exact) mass is 513 g/mol. The molecule has 166 valence electrons. The molecule has 0 bridgehead atoms. The van der Waals surface area contributed by atoms with Gasteiger partial charge in [0.15, 0.2) is 5.96 Å². The van der Waals surface area contributed by atoms with Crippen molar-refractivity contribution in [2.75, 3.05) is 33.7 Å². The number of ether oxygens (including phenoxy) is 1. The molecule has 0 aliphatic rings. The van der Waals surface area contributed by atoms with Crippen molar-refractivity contribution in [2.24, 2.45) is 4.99 Å². The van der Waals surface area contributed by atoms with Crippen molar-refractivity contribution in [2.45, 2.75) is 71.9 Å². The summed E-state index contributed by atoms with van der Waals surface area (Å²) in [6, 6.07) is 0. The van der Waals surface area contributed by atoms with Crippen LogP contribution in [0.5, 0.6) is 0 Å². The molecule has 2 amide bonds. The van der Waals surface area contributed by atoms with Crippen molar-refractivity contribution in [1.82, 2.24) is 20.9 Å². The second kappa shape index (κ2) is 13.8. The van der Waals surface area contributed by atoms with Crippen LogP contribution < -0.4 is 16.0 Å². The molecule has 0 radical (unpaired) electrons. The maximum absolute atomic E-state index is 12.2. The summed E-state index contributed by atoms with van der Waals surface area (Å²) in [4.78, 5) is 29.9. The summed E-state index contributed by atoms with van der Waals surface area (Å²) < 4.78 is 5.40. The zero-order chi connectivity index (χ0) is 21.1. The van der Waals surface area contributed by atoms with E-state index in [0.29, 0.717) is 12.5 Å². The number of aliphatic imine (C=N–C) groups is 1. The molecule has 0 atom stereocenters. The lowest BCUT2D eigenvalue weighted by atomic mass is 9.93. The number of carbonyl (C=O) groups excluding carboxylic acids is 2. The second-order valence-electron chi connectivity index (χ2n) is 7.85. The fourth-order valence-electron chi connectivity index (χ4n) is 2.20. The minimum atomic E-state index is -0.549. The molecular formula is C19H40IN5O3. The summed E-state index contributed by atoms with van der Waals surface area (Å²) in [7, 11) is 3.41. The molecule has 0 aromatic heterocycles. The van der Waals surface area contributed by atoms with E-state index in [0.717, 1.165) is 25.8 Å². The Morgan fingerprint density at radius 1 is 1.04 bits per heavy atom. The van der Waals surface area contributed by atoms with Gasteiger partial charge in [-0.15, -0.1) is 24.0 Å². The molecule has 0 aromatic rings. The third-order valence-corrected chi connectivity index (χ3v) is 4.13. The van der Waals surface area contributed by atoms with Gasteiger partial charge in [-0.25, -0.2) is 9.79 Å². The molecule has 0 aliphatic heterocycles. The Kier molecular flexibility index (Phi) is 14.3. The highest BCUT2D eigenvalue weighted by Gasteiger charge is 2.30. The van der Waals surface area contributed by atoms with Crippen molar-refractivity contribution in [1.29, 1.82) is 0 Å². The largest absolute Gasteiger partial charge is 0.444 e. The second-order valence-corrected chi connectivity index (χ2v) is 7.85. The number of rotatable bonds is 9. The minimum absolute atomic E-state index is 0. The van der Waals surface area contributed by atoms with Crippen molar-refractivity contribution < 1.29 is 14.3 Å². The van der Waals surface area contributed by atoms with Crippen LogP contribution in [-0.2, 0) is 9.53 Å². The Hall–Kier alpha value is -1.26. The molecule has 0 aromatic carbocycles. The van der Waals surface area contributed by atoms with Gasteiger partial charge in [0.25, 0.3) is 0 Å². The topological polar surface area (TPSA) is 95.1 Å². The number of nitrogens with one attached hydrogen (secondary N) is 3. The molecule has 0 unspecified atom stereocenters. The van der Waals surface area contributed by atoms with E-state index in [1.807, 2.05) is 34.6 Å². The zero-order valence-corrected chi connectivity index (χ0v) is 21.1. The van der Waals surface area contributed by atoms with Gasteiger partial charge < -0.3 is 25.6 Å². The van der Waals surface area contributed by atoms with Crippen molar-refractivity contribution >= 4 is 41.9 Å². The van der Waals surface area contributed by atoms with E-state index >= 15 is 0 Å². The van der Waals surface area contributed by atoms with Gasteiger partial charge in [-0.1, -0.05) is 20.8 Å². The Bertz CT molecular complexity index is 500. The SMILES string of the molecule is CCCNC(=NCC(=O)N(C)C)NCC(CC)(CC)NC(=O)OC(C)(C)C.I. The number of amides is 2. The standard InChI is InChI=1S/C19H39N5O3.HI/c1-9-12-20-16(21-13-15(25)24(7)8)22-14-19(10-2,11-3)23-17(26)27-18(4,5)6;/h9-14H2,1-8H3,(H,23,26)(H2,20,21,22);1H. The molecule has 0 heterocycles. The van der Waals surface area contributed by atoms with Gasteiger partial charge >= 0.3 is 6.09 Å². The molecule has 0 spiro atoms. The number of hydrogen-bond donors (Lipinski definition) is 3. The van der Waals surface area contributed by atoms with Crippen LogP contribution in [0.3, 0.4) is 0 Å².